The molecule has 0 saturated carbocycles. The molecule has 5 rings (SSSR count). The van der Waals surface area contributed by atoms with E-state index in [2.05, 4.69) is 31.1 Å². The summed E-state index contributed by atoms with van der Waals surface area (Å²) >= 11 is 6.13. The number of benzene rings is 1. The molecule has 0 bridgehead atoms. The van der Waals surface area contributed by atoms with E-state index in [-0.39, 0.29) is 11.7 Å². The Kier molecular flexibility index (Phi) is 4.36. The number of halogens is 2. The van der Waals surface area contributed by atoms with Crippen LogP contribution in [0.4, 0.5) is 10.1 Å². The molecule has 5 nitrogen and oxygen atoms in total. The second kappa shape index (κ2) is 7.02. The fraction of sp³-hybridized carbons (Fsp3) is 0.286. The van der Waals surface area contributed by atoms with E-state index >= 15 is 0 Å². The van der Waals surface area contributed by atoms with Gasteiger partial charge in [-0.2, -0.15) is 0 Å². The Morgan fingerprint density at radius 2 is 2.14 bits per heavy atom. The Balaban J connectivity index is 1.42. The van der Waals surface area contributed by atoms with Crippen molar-refractivity contribution in [1.29, 1.82) is 0 Å². The van der Waals surface area contributed by atoms with Gasteiger partial charge in [0.1, 0.15) is 17.3 Å². The number of allylic oxidation sites excluding steroid dienone is 2. The van der Waals surface area contributed by atoms with Crippen LogP contribution in [0.2, 0.25) is 5.02 Å². The molecule has 1 aliphatic heterocycles. The van der Waals surface area contributed by atoms with Gasteiger partial charge in [0.05, 0.1) is 13.1 Å². The van der Waals surface area contributed by atoms with E-state index in [1.807, 2.05) is 18.2 Å². The largest absolute Gasteiger partial charge is 0.377 e. The highest BCUT2D eigenvalue weighted by molar-refractivity contribution is 6.30. The first-order valence-electron chi connectivity index (χ1n) is 9.43. The highest BCUT2D eigenvalue weighted by Gasteiger charge is 2.26. The lowest BCUT2D eigenvalue weighted by Crippen LogP contribution is -2.14. The summed E-state index contributed by atoms with van der Waals surface area (Å²) in [4.78, 5) is 4.21. The Morgan fingerprint density at radius 3 is 2.96 bits per heavy atom. The quantitative estimate of drug-likeness (QED) is 0.677. The number of hydrogen-bond acceptors (Lipinski definition) is 4. The number of hydrogen-bond donors (Lipinski definition) is 1. The highest BCUT2D eigenvalue weighted by Crippen LogP contribution is 2.36. The predicted octanol–water partition coefficient (Wildman–Crippen LogP) is 4.79. The monoisotopic (exact) mass is 395 g/mol. The predicted molar refractivity (Wildman–Crippen MR) is 107 cm³/mol. The van der Waals surface area contributed by atoms with Crippen LogP contribution in [-0.2, 0) is 13.1 Å². The van der Waals surface area contributed by atoms with Crippen LogP contribution in [0, 0.1) is 5.82 Å². The van der Waals surface area contributed by atoms with Crippen LogP contribution in [-0.4, -0.2) is 19.7 Å². The van der Waals surface area contributed by atoms with E-state index < -0.39 is 0 Å². The van der Waals surface area contributed by atoms with Crippen LogP contribution in [0.3, 0.4) is 0 Å². The molecule has 7 heteroatoms. The molecule has 3 aromatic rings. The average Bonchev–Trinajstić information content (AvgIpc) is 3.02. The first-order chi connectivity index (χ1) is 13.7. The van der Waals surface area contributed by atoms with E-state index in [1.54, 1.807) is 12.3 Å². The van der Waals surface area contributed by atoms with Crippen molar-refractivity contribution >= 4 is 22.9 Å². The van der Waals surface area contributed by atoms with E-state index in [0.717, 1.165) is 53.7 Å². The number of rotatable bonds is 2. The second-order valence-electron chi connectivity index (χ2n) is 7.25. The molecule has 1 unspecified atom stereocenters. The van der Waals surface area contributed by atoms with E-state index in [9.17, 15) is 4.39 Å². The summed E-state index contributed by atoms with van der Waals surface area (Å²) in [5.41, 5.74) is 3.66. The van der Waals surface area contributed by atoms with Gasteiger partial charge >= 0.3 is 0 Å². The zero-order valence-electron chi connectivity index (χ0n) is 15.2. The van der Waals surface area contributed by atoms with Crippen LogP contribution in [0.1, 0.15) is 48.1 Å². The molecule has 0 radical (unpaired) electrons. The van der Waals surface area contributed by atoms with Gasteiger partial charge < -0.3 is 9.88 Å². The maximum atomic E-state index is 14.0. The minimum Gasteiger partial charge on any atom is -0.377 e. The van der Waals surface area contributed by atoms with Gasteiger partial charge in [0.25, 0.3) is 0 Å². The first-order valence-corrected chi connectivity index (χ1v) is 9.81. The smallest absolute Gasteiger partial charge is 0.152 e. The lowest BCUT2D eigenvalue weighted by atomic mass is 9.87. The van der Waals surface area contributed by atoms with Gasteiger partial charge in [-0.25, -0.2) is 4.39 Å². The zero-order chi connectivity index (χ0) is 19.1. The minimum absolute atomic E-state index is 0.259. The molecule has 2 aromatic heterocycles. The van der Waals surface area contributed by atoms with Gasteiger partial charge in [0.2, 0.25) is 0 Å². The summed E-state index contributed by atoms with van der Waals surface area (Å²) in [5.74, 6) is 1.93. The fourth-order valence-corrected chi connectivity index (χ4v) is 4.23. The molecule has 1 aromatic carbocycles. The summed E-state index contributed by atoms with van der Waals surface area (Å²) in [6.45, 7) is 1.34. The topological polar surface area (TPSA) is 55.6 Å². The summed E-state index contributed by atoms with van der Waals surface area (Å²) in [6, 6.07) is 8.99. The van der Waals surface area contributed by atoms with Crippen molar-refractivity contribution in [2.24, 2.45) is 0 Å². The van der Waals surface area contributed by atoms with Gasteiger partial charge in [-0.05, 0) is 54.7 Å². The van der Waals surface area contributed by atoms with Crippen LogP contribution >= 0.6 is 11.6 Å². The SMILES string of the molecule is Fc1cccnc1C1=CCC(c2nnc3n2Cc2ccc(Cl)cc2NC3)CC1. The second-order valence-corrected chi connectivity index (χ2v) is 7.69. The molecule has 0 saturated heterocycles. The van der Waals surface area contributed by atoms with Crippen molar-refractivity contribution in [3.8, 4) is 0 Å². The molecule has 1 atom stereocenters. The van der Waals surface area contributed by atoms with Crippen LogP contribution in [0.5, 0.6) is 0 Å². The molecule has 0 fully saturated rings. The van der Waals surface area contributed by atoms with Crippen LogP contribution in [0.15, 0.2) is 42.6 Å². The third kappa shape index (κ3) is 3.07. The van der Waals surface area contributed by atoms with Crippen molar-refractivity contribution in [3.63, 3.8) is 0 Å². The average molecular weight is 396 g/mol. The van der Waals surface area contributed by atoms with Crippen molar-refractivity contribution in [2.45, 2.75) is 38.3 Å². The third-order valence-corrected chi connectivity index (χ3v) is 5.77. The summed E-state index contributed by atoms with van der Waals surface area (Å²) in [5, 5.41) is 13.0. The minimum atomic E-state index is -0.259. The number of fused-ring (bicyclic) bond motifs is 2. The standard InChI is InChI=1S/C21H19ClFN5/c22-16-8-7-15-12-28-19(11-25-18(15)10-16)26-27-21(28)14-5-3-13(4-6-14)20-17(23)2-1-9-24-20/h1-3,7-10,14,25H,4-6,11-12H2. The molecule has 1 aliphatic carbocycles. The van der Waals surface area contributed by atoms with Crippen molar-refractivity contribution < 1.29 is 4.39 Å². The lowest BCUT2D eigenvalue weighted by molar-refractivity contribution is 0.547. The maximum Gasteiger partial charge on any atom is 0.152 e. The Labute approximate surface area is 167 Å². The zero-order valence-corrected chi connectivity index (χ0v) is 16.0. The highest BCUT2D eigenvalue weighted by atomic mass is 35.5. The van der Waals surface area contributed by atoms with Gasteiger partial charge in [0.15, 0.2) is 5.82 Å². The molecular formula is C21H19ClFN5. The molecule has 2 aliphatic rings. The summed E-state index contributed by atoms with van der Waals surface area (Å²) in [7, 11) is 0. The molecule has 0 spiro atoms. The number of anilines is 1. The van der Waals surface area contributed by atoms with Gasteiger partial charge in [-0.3, -0.25) is 4.98 Å². The first kappa shape index (κ1) is 17.4. The fourth-order valence-electron chi connectivity index (χ4n) is 4.06. The lowest BCUT2D eigenvalue weighted by Gasteiger charge is -2.22. The maximum absolute atomic E-state index is 14.0. The van der Waals surface area contributed by atoms with Gasteiger partial charge in [-0.15, -0.1) is 10.2 Å². The summed E-state index contributed by atoms with van der Waals surface area (Å²) in [6.07, 6.45) is 6.24. The normalized spacial score (nSPS) is 18.5. The van der Waals surface area contributed by atoms with Crippen molar-refractivity contribution in [1.82, 2.24) is 19.7 Å². The van der Waals surface area contributed by atoms with E-state index in [0.29, 0.717) is 12.2 Å². The van der Waals surface area contributed by atoms with E-state index in [1.165, 1.54) is 11.6 Å². The molecule has 3 heterocycles. The molecule has 1 N–H and O–H groups in total. The third-order valence-electron chi connectivity index (χ3n) is 5.53. The molecular weight excluding hydrogens is 377 g/mol. The number of nitrogens with zero attached hydrogens (tertiary/aromatic N) is 4. The van der Waals surface area contributed by atoms with Crippen LogP contribution < -0.4 is 5.32 Å². The number of aromatic nitrogens is 4. The van der Waals surface area contributed by atoms with Gasteiger partial charge in [0, 0.05) is 22.8 Å². The van der Waals surface area contributed by atoms with Crippen molar-refractivity contribution in [2.75, 3.05) is 5.32 Å². The van der Waals surface area contributed by atoms with E-state index in [4.69, 9.17) is 11.6 Å². The Morgan fingerprint density at radius 1 is 1.21 bits per heavy atom. The Bertz CT molecular complexity index is 1070. The molecule has 28 heavy (non-hydrogen) atoms. The number of pyridine rings is 1. The van der Waals surface area contributed by atoms with Gasteiger partial charge in [-0.1, -0.05) is 23.7 Å². The molecule has 142 valence electrons. The summed E-state index contributed by atoms with van der Waals surface area (Å²) < 4.78 is 16.2. The number of nitrogens with one attached hydrogen (secondary N) is 1. The van der Waals surface area contributed by atoms with Crippen LogP contribution in [0.25, 0.3) is 5.57 Å². The molecule has 0 amide bonds. The van der Waals surface area contributed by atoms with Crippen molar-refractivity contribution in [3.05, 3.63) is 76.4 Å². The Hall–Kier alpha value is -2.73.